The molecule has 4 heterocycles. The van der Waals surface area contributed by atoms with Crippen LogP contribution in [0.1, 0.15) is 157 Å². The molecular weight excluding hydrogens is 993 g/mol. The molecular formula is C68H72O11. The minimum Gasteiger partial charge on any atom is -0.482 e. The Morgan fingerprint density at radius 3 is 2.42 bits per heavy atom. The second-order valence-corrected chi connectivity index (χ2v) is 23.5. The van der Waals surface area contributed by atoms with Crippen molar-refractivity contribution in [2.24, 2.45) is 23.7 Å². The second-order valence-electron chi connectivity index (χ2n) is 23.5. The smallest absolute Gasteiger partial charge is 0.340 e. The van der Waals surface area contributed by atoms with E-state index in [2.05, 4.69) is 109 Å². The average molecular weight is 1070 g/mol. The highest BCUT2D eigenvalue weighted by Crippen LogP contribution is 2.64. The third-order valence-electron chi connectivity index (χ3n) is 19.2. The lowest BCUT2D eigenvalue weighted by Gasteiger charge is -2.53. The first-order valence-corrected chi connectivity index (χ1v) is 28.8. The van der Waals surface area contributed by atoms with E-state index in [4.69, 9.17) is 23.4 Å². The van der Waals surface area contributed by atoms with Crippen LogP contribution in [0.25, 0.3) is 17.0 Å². The van der Waals surface area contributed by atoms with Crippen LogP contribution in [0.5, 0.6) is 5.75 Å². The number of aryl methyl sites for hydroxylation is 1. The van der Waals surface area contributed by atoms with Gasteiger partial charge in [-0.05, 0) is 175 Å². The van der Waals surface area contributed by atoms with Gasteiger partial charge < -0.3 is 38.7 Å². The number of hydrogen-bond acceptors (Lipinski definition) is 11. The summed E-state index contributed by atoms with van der Waals surface area (Å²) < 4.78 is 33.8. The van der Waals surface area contributed by atoms with Gasteiger partial charge in [0.15, 0.2) is 17.8 Å². The number of aliphatic hydroxyl groups is 3. The zero-order valence-electron chi connectivity index (χ0n) is 45.3. The Hall–Kier alpha value is -6.63. The summed E-state index contributed by atoms with van der Waals surface area (Å²) in [4.78, 5) is 45.8. The molecule has 3 saturated carbocycles. The lowest BCUT2D eigenvalue weighted by atomic mass is 9.63. The van der Waals surface area contributed by atoms with Gasteiger partial charge >= 0.3 is 17.6 Å². The van der Waals surface area contributed by atoms with Crippen LogP contribution in [0.15, 0.2) is 142 Å². The summed E-state index contributed by atoms with van der Waals surface area (Å²) in [7, 11) is 1.52. The summed E-state index contributed by atoms with van der Waals surface area (Å²) in [5.74, 6) is -0.896. The van der Waals surface area contributed by atoms with E-state index < -0.39 is 47.9 Å². The van der Waals surface area contributed by atoms with Crippen LogP contribution < -0.4 is 10.4 Å². The highest BCUT2D eigenvalue weighted by Gasteiger charge is 2.65. The molecule has 0 saturated heterocycles. The number of rotatable bonds is 10. The Morgan fingerprint density at radius 1 is 0.810 bits per heavy atom. The van der Waals surface area contributed by atoms with Gasteiger partial charge in [0.05, 0.1) is 25.4 Å². The Kier molecular flexibility index (Phi) is 15.1. The van der Waals surface area contributed by atoms with E-state index in [1.54, 1.807) is 13.0 Å². The van der Waals surface area contributed by atoms with Gasteiger partial charge in [0.25, 0.3) is 0 Å². The van der Waals surface area contributed by atoms with Gasteiger partial charge in [0.2, 0.25) is 0 Å². The van der Waals surface area contributed by atoms with Crippen LogP contribution >= 0.6 is 0 Å². The first kappa shape index (κ1) is 53.0. The lowest BCUT2D eigenvalue weighted by Crippen LogP contribution is -2.62. The van der Waals surface area contributed by atoms with Crippen molar-refractivity contribution in [1.82, 2.24) is 0 Å². The monoisotopic (exact) mass is 1060 g/mol. The van der Waals surface area contributed by atoms with Gasteiger partial charge in [-0.3, -0.25) is 4.79 Å². The van der Waals surface area contributed by atoms with Gasteiger partial charge in [-0.15, -0.1) is 0 Å². The molecule has 6 aromatic rings. The molecule has 3 N–H and O–H groups in total. The summed E-state index contributed by atoms with van der Waals surface area (Å²) in [5, 5.41) is 32.5. The molecule has 11 heteroatoms. The maximum Gasteiger partial charge on any atom is 0.340 e. The Balaban J connectivity index is 1.01. The summed E-state index contributed by atoms with van der Waals surface area (Å²) in [6, 6.07) is 40.1. The Bertz CT molecular complexity index is 3350. The molecule has 13 rings (SSSR count). The molecule has 3 fully saturated rings. The number of allylic oxidation sites excluding steroid dienone is 1. The Labute approximate surface area is 462 Å². The fraction of sp³-hybridized carbons (Fsp3) is 0.426. The molecule has 1 spiro atoms. The number of carbonyl (C=O) groups excluding carboxylic acids is 2. The molecule has 11 nitrogen and oxygen atoms in total. The number of methoxy groups -OCH3 is 1. The molecule has 7 aliphatic rings. The standard InChI is InChI=1S/C68H72O11/c1-40(37-70)50-24-19-41-17-20-45(21-18-41)51-25-23-47(46-14-8-12-43(33-46)32-42-10-4-3-5-11-42)34-49(51)35-60(72)76-64-62-59(28-27-55-57(38-71)61(67(74)77-63(55)62)48(29-31-69)39-75-2)79-68(65(64)78-66(50)73)30-9-16-54-53-26-22-44-13-6-7-15-52(44)56(53)36-58(54)68/h3-8,10-15,17-18,20-22,26-28,33,47-49,51,53-54,56,58,64-65,69-71H,9,16,19,23-25,29-32,34-39H2,1-2H3/b50-40-/t47-,48-,49-,51+,53-,54-,56-,58+,64-,65+,68+/m1/s1. The minimum atomic E-state index is -1.32. The molecule has 0 unspecified atom stereocenters. The van der Waals surface area contributed by atoms with Crippen LogP contribution in [-0.2, 0) is 43.2 Å². The van der Waals surface area contributed by atoms with Crippen molar-refractivity contribution in [3.63, 3.8) is 0 Å². The van der Waals surface area contributed by atoms with Crippen molar-refractivity contribution in [3.05, 3.63) is 199 Å². The molecule has 5 aromatic carbocycles. The third-order valence-corrected chi connectivity index (χ3v) is 19.2. The highest BCUT2D eigenvalue weighted by atomic mass is 16.6. The highest BCUT2D eigenvalue weighted by molar-refractivity contribution is 5.90. The molecule has 3 aliphatic heterocycles. The topological polar surface area (TPSA) is 162 Å². The van der Waals surface area contributed by atoms with E-state index >= 15 is 9.59 Å². The van der Waals surface area contributed by atoms with E-state index in [1.807, 2.05) is 12.1 Å². The normalized spacial score (nSPS) is 28.3. The summed E-state index contributed by atoms with van der Waals surface area (Å²) >= 11 is 0. The molecule has 1 aromatic heterocycles. The average Bonchev–Trinajstić information content (AvgIpc) is 4.15. The van der Waals surface area contributed by atoms with Crippen LogP contribution in [0.3, 0.4) is 0 Å². The van der Waals surface area contributed by atoms with Crippen molar-refractivity contribution in [3.8, 4) is 5.75 Å². The number of aliphatic hydroxyl groups excluding tert-OH is 3. The number of hydrogen-bond donors (Lipinski definition) is 3. The molecule has 2 bridgehead atoms. The van der Waals surface area contributed by atoms with E-state index in [1.165, 1.54) is 34.9 Å². The largest absolute Gasteiger partial charge is 0.482 e. The first-order valence-electron chi connectivity index (χ1n) is 28.8. The number of benzene rings is 5. The van der Waals surface area contributed by atoms with Crippen molar-refractivity contribution in [2.45, 2.75) is 132 Å². The number of fused-ring (bicyclic) bond motifs is 17. The van der Waals surface area contributed by atoms with Crippen molar-refractivity contribution in [1.29, 1.82) is 0 Å². The van der Waals surface area contributed by atoms with Crippen LogP contribution in [0.2, 0.25) is 0 Å². The number of carbonyl (C=O) groups is 2. The predicted molar refractivity (Wildman–Crippen MR) is 302 cm³/mol. The summed E-state index contributed by atoms with van der Waals surface area (Å²) in [6.07, 6.45) is 9.38. The van der Waals surface area contributed by atoms with Gasteiger partial charge in [0, 0.05) is 48.5 Å². The predicted octanol–water partition coefficient (Wildman–Crippen LogP) is 11.9. The maximum absolute atomic E-state index is 15.7. The zero-order valence-corrected chi connectivity index (χ0v) is 45.3. The number of esters is 2. The number of ether oxygens (including phenoxy) is 4. The first-order chi connectivity index (χ1) is 38.6. The lowest BCUT2D eigenvalue weighted by molar-refractivity contribution is -0.212. The van der Waals surface area contributed by atoms with Crippen LogP contribution in [0.4, 0.5) is 0 Å². The van der Waals surface area contributed by atoms with E-state index in [0.717, 1.165) is 56.1 Å². The van der Waals surface area contributed by atoms with Gasteiger partial charge in [-0.1, -0.05) is 115 Å². The van der Waals surface area contributed by atoms with E-state index in [9.17, 15) is 20.1 Å². The molecule has 410 valence electrons. The van der Waals surface area contributed by atoms with E-state index in [0.29, 0.717) is 40.7 Å². The third kappa shape index (κ3) is 9.89. The van der Waals surface area contributed by atoms with Gasteiger partial charge in [-0.2, -0.15) is 0 Å². The SMILES string of the molecule is COC[C@@H](CCO)c1c(CO)c2ccc3c(c2oc1=O)[C@H]1OC(=O)C[C@H]2C[C@H](c4cccc(Cc5ccccc5)c4)CC[C@H]2c2ccc(cc2)CC/C(=C(\C)CO)C(=O)O[C@@H]1[C@@]1(CCC[C@@H]2[C@H]4C=Cc5ccccc5[C@H]4C[C@@H]21)O3. The summed E-state index contributed by atoms with van der Waals surface area (Å²) in [5.41, 5.74) is 8.11. The molecule has 4 aliphatic carbocycles. The fourth-order valence-corrected chi connectivity index (χ4v) is 15.5. The molecule has 0 radical (unpaired) electrons. The van der Waals surface area contributed by atoms with E-state index in [-0.39, 0.29) is 97.2 Å². The summed E-state index contributed by atoms with van der Waals surface area (Å²) in [6.45, 7) is 0.720. The van der Waals surface area contributed by atoms with Crippen molar-refractivity contribution >= 4 is 29.0 Å². The molecule has 11 atom stereocenters. The van der Waals surface area contributed by atoms with Crippen LogP contribution in [-0.4, -0.2) is 65.9 Å². The quantitative estimate of drug-likeness (QED) is 0.0680. The van der Waals surface area contributed by atoms with Crippen molar-refractivity contribution in [2.75, 3.05) is 26.9 Å². The fourth-order valence-electron chi connectivity index (χ4n) is 15.5. The Morgan fingerprint density at radius 2 is 1.62 bits per heavy atom. The maximum atomic E-state index is 15.7. The van der Waals surface area contributed by atoms with Gasteiger partial charge in [0.1, 0.15) is 11.3 Å². The molecule has 0 amide bonds. The second kappa shape index (κ2) is 22.5. The van der Waals surface area contributed by atoms with Gasteiger partial charge in [-0.25, -0.2) is 9.59 Å². The van der Waals surface area contributed by atoms with Crippen molar-refractivity contribution < 1.29 is 48.3 Å². The van der Waals surface area contributed by atoms with Crippen LogP contribution in [0, 0.1) is 23.7 Å². The zero-order chi connectivity index (χ0) is 54.4. The molecule has 79 heavy (non-hydrogen) atoms. The minimum absolute atomic E-state index is 0.0486.